The van der Waals surface area contributed by atoms with Gasteiger partial charge in [0.15, 0.2) is 0 Å². The van der Waals surface area contributed by atoms with E-state index in [2.05, 4.69) is 30.8 Å². The van der Waals surface area contributed by atoms with Crippen molar-refractivity contribution in [2.45, 2.75) is 26.7 Å². The van der Waals surface area contributed by atoms with E-state index in [1.807, 2.05) is 0 Å². The highest BCUT2D eigenvalue weighted by Crippen LogP contribution is 2.32. The summed E-state index contributed by atoms with van der Waals surface area (Å²) in [6.45, 7) is 5.23. The molecule has 76 valence electrons. The molecule has 14 heavy (non-hydrogen) atoms. The molecular formula is C11H17N3. The molecule has 0 amide bonds. The van der Waals surface area contributed by atoms with E-state index in [1.54, 1.807) is 0 Å². The Bertz CT molecular complexity index is 371. The number of anilines is 2. The van der Waals surface area contributed by atoms with Crippen LogP contribution in [0.1, 0.15) is 23.7 Å². The van der Waals surface area contributed by atoms with Crippen molar-refractivity contribution in [3.8, 4) is 0 Å². The third-order valence-corrected chi connectivity index (χ3v) is 3.07. The molecule has 0 spiro atoms. The molecule has 0 unspecified atom stereocenters. The van der Waals surface area contributed by atoms with Crippen LogP contribution in [0.15, 0.2) is 0 Å². The molecule has 0 radical (unpaired) electrons. The van der Waals surface area contributed by atoms with E-state index in [4.69, 9.17) is 5.73 Å². The zero-order chi connectivity index (χ0) is 10.3. The number of nitrogen functional groups attached to an aromatic ring is 1. The van der Waals surface area contributed by atoms with Crippen LogP contribution in [0.2, 0.25) is 0 Å². The van der Waals surface area contributed by atoms with E-state index in [0.717, 1.165) is 36.6 Å². The second kappa shape index (κ2) is 3.15. The lowest BCUT2D eigenvalue weighted by Gasteiger charge is -2.15. The van der Waals surface area contributed by atoms with Crippen molar-refractivity contribution in [1.29, 1.82) is 0 Å². The molecule has 2 N–H and O–H groups in total. The number of nitrogens with zero attached hydrogens (tertiary/aromatic N) is 2. The number of hydrogen-bond acceptors (Lipinski definition) is 3. The fraction of sp³-hybridized carbons (Fsp3) is 0.545. The maximum absolute atomic E-state index is 6.11. The molecule has 1 aromatic rings. The lowest BCUT2D eigenvalue weighted by atomic mass is 10.1. The predicted octanol–water partition coefficient (Wildman–Crippen LogP) is 1.53. The van der Waals surface area contributed by atoms with Crippen LogP contribution >= 0.6 is 0 Å². The minimum atomic E-state index is 0.955. The number of pyridine rings is 1. The largest absolute Gasteiger partial charge is 0.398 e. The van der Waals surface area contributed by atoms with E-state index in [-0.39, 0.29) is 0 Å². The van der Waals surface area contributed by atoms with Crippen molar-refractivity contribution >= 4 is 11.5 Å². The van der Waals surface area contributed by atoms with Gasteiger partial charge >= 0.3 is 0 Å². The van der Waals surface area contributed by atoms with Crippen molar-refractivity contribution in [2.24, 2.45) is 0 Å². The van der Waals surface area contributed by atoms with Crippen LogP contribution in [0, 0.1) is 6.92 Å². The Morgan fingerprint density at radius 3 is 2.86 bits per heavy atom. The summed E-state index contributed by atoms with van der Waals surface area (Å²) in [4.78, 5) is 6.84. The van der Waals surface area contributed by atoms with Crippen molar-refractivity contribution < 1.29 is 0 Å². The zero-order valence-electron chi connectivity index (χ0n) is 9.09. The summed E-state index contributed by atoms with van der Waals surface area (Å²) in [5.41, 5.74) is 10.6. The van der Waals surface area contributed by atoms with E-state index in [9.17, 15) is 0 Å². The first kappa shape index (κ1) is 9.31. The highest BCUT2D eigenvalue weighted by molar-refractivity contribution is 5.68. The van der Waals surface area contributed by atoms with Gasteiger partial charge in [0.1, 0.15) is 5.82 Å². The standard InChI is InChI=1S/C11H17N3/c1-4-9-7(2)10(12)8-5-6-14(3)11(8)13-9/h4-6H2,1-3H3,(H2,12,13). The van der Waals surface area contributed by atoms with Gasteiger partial charge in [-0.3, -0.25) is 0 Å². The van der Waals surface area contributed by atoms with Crippen LogP contribution in [0.4, 0.5) is 11.5 Å². The van der Waals surface area contributed by atoms with Crippen LogP contribution in [0.5, 0.6) is 0 Å². The Morgan fingerprint density at radius 2 is 2.21 bits per heavy atom. The molecule has 0 atom stereocenters. The Morgan fingerprint density at radius 1 is 1.50 bits per heavy atom. The Labute approximate surface area is 84.9 Å². The average molecular weight is 191 g/mol. The minimum Gasteiger partial charge on any atom is -0.398 e. The molecule has 0 saturated carbocycles. The first-order valence-electron chi connectivity index (χ1n) is 5.14. The number of hydrogen-bond donors (Lipinski definition) is 1. The van der Waals surface area contributed by atoms with E-state index < -0.39 is 0 Å². The van der Waals surface area contributed by atoms with Gasteiger partial charge in [0.2, 0.25) is 0 Å². The van der Waals surface area contributed by atoms with Crippen LogP contribution in [0.25, 0.3) is 0 Å². The van der Waals surface area contributed by atoms with Gasteiger partial charge < -0.3 is 10.6 Å². The quantitative estimate of drug-likeness (QED) is 0.732. The molecule has 1 aliphatic heterocycles. The smallest absolute Gasteiger partial charge is 0.133 e. The summed E-state index contributed by atoms with van der Waals surface area (Å²) in [5.74, 6) is 1.09. The zero-order valence-corrected chi connectivity index (χ0v) is 9.09. The topological polar surface area (TPSA) is 42.1 Å². The number of aromatic nitrogens is 1. The van der Waals surface area contributed by atoms with Gasteiger partial charge in [-0.15, -0.1) is 0 Å². The molecule has 1 aliphatic rings. The summed E-state index contributed by atoms with van der Waals surface area (Å²) >= 11 is 0. The fourth-order valence-electron chi connectivity index (χ4n) is 2.07. The molecule has 0 bridgehead atoms. The summed E-state index contributed by atoms with van der Waals surface area (Å²) in [6.07, 6.45) is 1.99. The van der Waals surface area contributed by atoms with Crippen molar-refractivity contribution in [1.82, 2.24) is 4.98 Å². The molecule has 1 aromatic heterocycles. The molecule has 0 aliphatic carbocycles. The van der Waals surface area contributed by atoms with E-state index in [1.165, 1.54) is 11.1 Å². The normalized spacial score (nSPS) is 14.6. The van der Waals surface area contributed by atoms with Crippen molar-refractivity contribution in [2.75, 3.05) is 24.2 Å². The van der Waals surface area contributed by atoms with Crippen molar-refractivity contribution in [3.63, 3.8) is 0 Å². The van der Waals surface area contributed by atoms with Gasteiger partial charge in [0, 0.05) is 30.5 Å². The SMILES string of the molecule is CCc1nc2c(c(N)c1C)CCN2C. The number of aryl methyl sites for hydroxylation is 1. The monoisotopic (exact) mass is 191 g/mol. The highest BCUT2D eigenvalue weighted by atomic mass is 15.2. The van der Waals surface area contributed by atoms with Crippen LogP contribution in [-0.4, -0.2) is 18.6 Å². The summed E-state index contributed by atoms with van der Waals surface area (Å²) < 4.78 is 0. The Kier molecular flexibility index (Phi) is 2.10. The Balaban J connectivity index is 2.62. The fourth-order valence-corrected chi connectivity index (χ4v) is 2.07. The summed E-state index contributed by atoms with van der Waals surface area (Å²) in [7, 11) is 2.08. The molecule has 2 rings (SSSR count). The highest BCUT2D eigenvalue weighted by Gasteiger charge is 2.22. The lowest BCUT2D eigenvalue weighted by Crippen LogP contribution is -2.14. The molecular weight excluding hydrogens is 174 g/mol. The Hall–Kier alpha value is -1.25. The van der Waals surface area contributed by atoms with E-state index >= 15 is 0 Å². The maximum atomic E-state index is 6.11. The summed E-state index contributed by atoms with van der Waals surface area (Å²) in [5, 5.41) is 0. The second-order valence-electron chi connectivity index (χ2n) is 3.92. The van der Waals surface area contributed by atoms with Gasteiger partial charge in [0.05, 0.1) is 0 Å². The molecule has 3 nitrogen and oxygen atoms in total. The van der Waals surface area contributed by atoms with Gasteiger partial charge in [-0.1, -0.05) is 6.92 Å². The van der Waals surface area contributed by atoms with Crippen LogP contribution < -0.4 is 10.6 Å². The summed E-state index contributed by atoms with van der Waals surface area (Å²) in [6, 6.07) is 0. The van der Waals surface area contributed by atoms with Crippen molar-refractivity contribution in [3.05, 3.63) is 16.8 Å². The van der Waals surface area contributed by atoms with Crippen LogP contribution in [-0.2, 0) is 12.8 Å². The minimum absolute atomic E-state index is 0.955. The molecule has 0 aromatic carbocycles. The van der Waals surface area contributed by atoms with E-state index in [0.29, 0.717) is 0 Å². The van der Waals surface area contributed by atoms with Gasteiger partial charge in [0.25, 0.3) is 0 Å². The van der Waals surface area contributed by atoms with Gasteiger partial charge in [-0.2, -0.15) is 0 Å². The third-order valence-electron chi connectivity index (χ3n) is 3.07. The number of likely N-dealkylation sites (N-methyl/N-ethyl adjacent to an activating group) is 1. The van der Waals surface area contributed by atoms with Gasteiger partial charge in [-0.05, 0) is 25.3 Å². The van der Waals surface area contributed by atoms with Gasteiger partial charge in [-0.25, -0.2) is 4.98 Å². The predicted molar refractivity (Wildman–Crippen MR) is 59.7 cm³/mol. The lowest BCUT2D eigenvalue weighted by molar-refractivity contribution is 0.934. The first-order valence-corrected chi connectivity index (χ1v) is 5.14. The maximum Gasteiger partial charge on any atom is 0.133 e. The molecule has 0 fully saturated rings. The number of rotatable bonds is 1. The number of nitrogens with two attached hydrogens (primary N) is 1. The molecule has 0 saturated heterocycles. The average Bonchev–Trinajstić information content (AvgIpc) is 2.54. The second-order valence-corrected chi connectivity index (χ2v) is 3.92. The molecule has 2 heterocycles. The first-order chi connectivity index (χ1) is 6.65. The molecule has 3 heteroatoms. The van der Waals surface area contributed by atoms with Crippen LogP contribution in [0.3, 0.4) is 0 Å². The third kappa shape index (κ3) is 1.15. The number of fused-ring (bicyclic) bond motifs is 1.